The number of carbonyl (C=O) groups is 3. The fourth-order valence-corrected chi connectivity index (χ4v) is 3.96. The van der Waals surface area contributed by atoms with Crippen molar-refractivity contribution in [1.29, 1.82) is 0 Å². The van der Waals surface area contributed by atoms with E-state index in [1.54, 1.807) is 18.7 Å². The minimum atomic E-state index is -0.978. The van der Waals surface area contributed by atoms with Gasteiger partial charge in [-0.2, -0.15) is 0 Å². The lowest BCUT2D eigenvalue weighted by Crippen LogP contribution is -2.48. The Morgan fingerprint density at radius 1 is 1.15 bits per heavy atom. The maximum absolute atomic E-state index is 12.7. The molecule has 0 spiro atoms. The first kappa shape index (κ1) is 20.0. The molecule has 0 aromatic carbocycles. The third-order valence-corrected chi connectivity index (χ3v) is 5.63. The molecule has 0 radical (unpaired) electrons. The summed E-state index contributed by atoms with van der Waals surface area (Å²) in [5.41, 5.74) is -1.80. The third-order valence-electron chi connectivity index (χ3n) is 5.63. The number of hydrogen-bond donors (Lipinski definition) is 2. The van der Waals surface area contributed by atoms with Gasteiger partial charge in [-0.3, -0.25) is 19.4 Å². The molecule has 3 heterocycles. The number of morpholine rings is 1. The fraction of sp³-hybridized carbons (Fsp3) is 0.833. The Morgan fingerprint density at radius 2 is 1.85 bits per heavy atom. The molecule has 152 valence electrons. The molecule has 2 N–H and O–H groups in total. The van der Waals surface area contributed by atoms with E-state index in [1.807, 2.05) is 0 Å². The van der Waals surface area contributed by atoms with Gasteiger partial charge in [-0.15, -0.1) is 0 Å². The summed E-state index contributed by atoms with van der Waals surface area (Å²) in [5, 5.41) is 13.6. The first-order valence-electron chi connectivity index (χ1n) is 9.65. The van der Waals surface area contributed by atoms with Crippen LogP contribution in [-0.4, -0.2) is 101 Å². The van der Waals surface area contributed by atoms with E-state index in [1.165, 1.54) is 0 Å². The van der Waals surface area contributed by atoms with Crippen molar-refractivity contribution in [3.63, 3.8) is 0 Å². The standard InChI is InChI=1S/C18H30N4O5/c1-17(2)15(24)22(16(25)19-17)12-14(23)21-6-3-4-18(26,5-7-21)13-20-8-10-27-11-9-20/h26H,3-13H2,1-2H3,(H,19,25)/t18-/m0/s1. The molecule has 27 heavy (non-hydrogen) atoms. The van der Waals surface area contributed by atoms with E-state index in [4.69, 9.17) is 4.74 Å². The monoisotopic (exact) mass is 382 g/mol. The highest BCUT2D eigenvalue weighted by atomic mass is 16.5. The molecule has 1 atom stereocenters. The first-order valence-corrected chi connectivity index (χ1v) is 9.65. The number of imide groups is 1. The maximum Gasteiger partial charge on any atom is 0.325 e. The minimum absolute atomic E-state index is 0.254. The molecular formula is C18H30N4O5. The van der Waals surface area contributed by atoms with Crippen molar-refractivity contribution in [2.45, 2.75) is 44.2 Å². The third kappa shape index (κ3) is 4.59. The highest BCUT2D eigenvalue weighted by molar-refractivity contribution is 6.08. The van der Waals surface area contributed by atoms with Crippen molar-refractivity contribution >= 4 is 17.8 Å². The van der Waals surface area contributed by atoms with Gasteiger partial charge in [0.05, 0.1) is 18.8 Å². The Kier molecular flexibility index (Phi) is 5.73. The second-order valence-electron chi connectivity index (χ2n) is 8.29. The number of amides is 4. The summed E-state index contributed by atoms with van der Waals surface area (Å²) in [6, 6.07) is -0.531. The van der Waals surface area contributed by atoms with Crippen LogP contribution in [0.1, 0.15) is 33.1 Å². The summed E-state index contributed by atoms with van der Waals surface area (Å²) in [6.45, 7) is 7.51. The topological polar surface area (TPSA) is 102 Å². The van der Waals surface area contributed by atoms with Gasteiger partial charge in [0, 0.05) is 32.7 Å². The molecule has 4 amide bonds. The van der Waals surface area contributed by atoms with Crippen molar-refractivity contribution in [3.05, 3.63) is 0 Å². The molecule has 3 saturated heterocycles. The summed E-state index contributed by atoms with van der Waals surface area (Å²) < 4.78 is 5.35. The van der Waals surface area contributed by atoms with Crippen LogP contribution < -0.4 is 5.32 Å². The minimum Gasteiger partial charge on any atom is -0.388 e. The summed E-state index contributed by atoms with van der Waals surface area (Å²) in [7, 11) is 0. The number of aliphatic hydroxyl groups is 1. The highest BCUT2D eigenvalue weighted by Gasteiger charge is 2.45. The van der Waals surface area contributed by atoms with Gasteiger partial charge < -0.3 is 20.1 Å². The lowest BCUT2D eigenvalue weighted by molar-refractivity contribution is -0.138. The predicted molar refractivity (Wildman–Crippen MR) is 97.0 cm³/mol. The van der Waals surface area contributed by atoms with Gasteiger partial charge in [0.25, 0.3) is 5.91 Å². The zero-order valence-electron chi connectivity index (χ0n) is 16.2. The number of hydrogen-bond acceptors (Lipinski definition) is 6. The Labute approximate surface area is 159 Å². The molecule has 9 heteroatoms. The van der Waals surface area contributed by atoms with Crippen LogP contribution in [0.25, 0.3) is 0 Å². The molecule has 0 unspecified atom stereocenters. The summed E-state index contributed by atoms with van der Waals surface area (Å²) in [5.74, 6) is -0.647. The normalized spacial score (nSPS) is 29.6. The number of nitrogens with zero attached hydrogens (tertiary/aromatic N) is 3. The number of carbonyl (C=O) groups excluding carboxylic acids is 3. The smallest absolute Gasteiger partial charge is 0.325 e. The molecule has 9 nitrogen and oxygen atoms in total. The summed E-state index contributed by atoms with van der Waals surface area (Å²) in [6.07, 6.45) is 1.81. The van der Waals surface area contributed by atoms with E-state index in [0.29, 0.717) is 52.1 Å². The lowest BCUT2D eigenvalue weighted by Gasteiger charge is -2.35. The van der Waals surface area contributed by atoms with Crippen molar-refractivity contribution < 1.29 is 24.2 Å². The van der Waals surface area contributed by atoms with E-state index < -0.39 is 17.2 Å². The number of urea groups is 1. The van der Waals surface area contributed by atoms with Crippen LogP contribution in [0.3, 0.4) is 0 Å². The van der Waals surface area contributed by atoms with Crippen LogP contribution in [0.4, 0.5) is 4.79 Å². The molecule has 0 bridgehead atoms. The van der Waals surface area contributed by atoms with Crippen LogP contribution in [-0.2, 0) is 14.3 Å². The van der Waals surface area contributed by atoms with E-state index in [0.717, 1.165) is 18.0 Å². The second-order valence-corrected chi connectivity index (χ2v) is 8.29. The highest BCUT2D eigenvalue weighted by Crippen LogP contribution is 2.25. The van der Waals surface area contributed by atoms with Gasteiger partial charge in [0.1, 0.15) is 12.1 Å². The number of rotatable bonds is 4. The molecule has 0 aromatic rings. The Balaban J connectivity index is 1.55. The van der Waals surface area contributed by atoms with Crippen molar-refractivity contribution in [1.82, 2.24) is 20.0 Å². The number of ether oxygens (including phenoxy) is 1. The van der Waals surface area contributed by atoms with Gasteiger partial charge in [-0.1, -0.05) is 0 Å². The van der Waals surface area contributed by atoms with Crippen molar-refractivity contribution in [2.75, 3.05) is 52.5 Å². The van der Waals surface area contributed by atoms with Gasteiger partial charge in [0.2, 0.25) is 5.91 Å². The van der Waals surface area contributed by atoms with Crippen LogP contribution in [0, 0.1) is 0 Å². The van der Waals surface area contributed by atoms with Crippen LogP contribution in [0.2, 0.25) is 0 Å². The fourth-order valence-electron chi connectivity index (χ4n) is 3.96. The predicted octanol–water partition coefficient (Wildman–Crippen LogP) is -0.607. The molecule has 0 aromatic heterocycles. The zero-order valence-corrected chi connectivity index (χ0v) is 16.2. The van der Waals surface area contributed by atoms with Crippen LogP contribution >= 0.6 is 0 Å². The first-order chi connectivity index (χ1) is 12.7. The largest absolute Gasteiger partial charge is 0.388 e. The lowest BCUT2D eigenvalue weighted by atomic mass is 9.94. The van der Waals surface area contributed by atoms with Crippen molar-refractivity contribution in [3.8, 4) is 0 Å². The van der Waals surface area contributed by atoms with Crippen molar-refractivity contribution in [2.24, 2.45) is 0 Å². The van der Waals surface area contributed by atoms with Gasteiger partial charge in [0.15, 0.2) is 0 Å². The van der Waals surface area contributed by atoms with Crippen LogP contribution in [0.5, 0.6) is 0 Å². The number of nitrogens with one attached hydrogen (secondary N) is 1. The summed E-state index contributed by atoms with van der Waals surface area (Å²) >= 11 is 0. The Bertz CT molecular complexity index is 605. The number of β-amino-alcohol motifs (C(OH)–C–C–N with tert-alkyl or cyclic N) is 1. The quantitative estimate of drug-likeness (QED) is 0.629. The van der Waals surface area contributed by atoms with E-state index in [-0.39, 0.29) is 18.4 Å². The van der Waals surface area contributed by atoms with Crippen LogP contribution in [0.15, 0.2) is 0 Å². The van der Waals surface area contributed by atoms with E-state index >= 15 is 0 Å². The number of likely N-dealkylation sites (tertiary alicyclic amines) is 1. The molecule has 3 fully saturated rings. The molecule has 3 aliphatic rings. The van der Waals surface area contributed by atoms with E-state index in [9.17, 15) is 19.5 Å². The zero-order chi connectivity index (χ0) is 19.7. The molecule has 0 saturated carbocycles. The van der Waals surface area contributed by atoms with Gasteiger partial charge in [-0.25, -0.2) is 4.79 Å². The molecule has 0 aliphatic carbocycles. The average molecular weight is 382 g/mol. The molecule has 3 aliphatic heterocycles. The molecular weight excluding hydrogens is 352 g/mol. The second kappa shape index (κ2) is 7.73. The van der Waals surface area contributed by atoms with Gasteiger partial charge >= 0.3 is 6.03 Å². The Hall–Kier alpha value is -1.71. The van der Waals surface area contributed by atoms with E-state index in [2.05, 4.69) is 10.2 Å². The SMILES string of the molecule is CC1(C)NC(=O)N(CC(=O)N2CCC[C@@](O)(CN3CCOCC3)CC2)C1=O. The summed E-state index contributed by atoms with van der Waals surface area (Å²) in [4.78, 5) is 41.7. The average Bonchev–Trinajstić information content (AvgIpc) is 2.75. The molecule has 3 rings (SSSR count). The maximum atomic E-state index is 12.7. The van der Waals surface area contributed by atoms with Gasteiger partial charge in [-0.05, 0) is 33.1 Å². The Morgan fingerprint density at radius 3 is 2.48 bits per heavy atom.